The van der Waals surface area contributed by atoms with Crippen molar-refractivity contribution >= 4 is 35.1 Å². The Bertz CT molecular complexity index is 847. The molecule has 2 atom stereocenters. The first-order valence-electron chi connectivity index (χ1n) is 10.3. The van der Waals surface area contributed by atoms with Crippen molar-refractivity contribution in [1.29, 1.82) is 0 Å². The van der Waals surface area contributed by atoms with Gasteiger partial charge in [0.2, 0.25) is 11.8 Å². The number of nitrogens with one attached hydrogen (secondary N) is 1. The maximum atomic E-state index is 12.4. The van der Waals surface area contributed by atoms with Crippen molar-refractivity contribution in [2.45, 2.75) is 25.7 Å². The van der Waals surface area contributed by atoms with E-state index in [1.165, 1.54) is 12.8 Å². The van der Waals surface area contributed by atoms with Gasteiger partial charge in [-0.15, -0.1) is 0 Å². The molecular formula is C22H25N3O5. The van der Waals surface area contributed by atoms with Crippen LogP contribution in [0.4, 0.5) is 11.4 Å². The van der Waals surface area contributed by atoms with Crippen LogP contribution in [0.1, 0.15) is 25.7 Å². The molecule has 0 saturated carbocycles. The first kappa shape index (κ1) is 20.1. The van der Waals surface area contributed by atoms with E-state index in [2.05, 4.69) is 10.2 Å². The quantitative estimate of drug-likeness (QED) is 0.435. The third kappa shape index (κ3) is 4.22. The zero-order chi connectivity index (χ0) is 21.1. The Morgan fingerprint density at radius 3 is 2.17 bits per heavy atom. The van der Waals surface area contributed by atoms with Crippen LogP contribution in [0.3, 0.4) is 0 Å². The number of rotatable bonds is 6. The largest absolute Gasteiger partial charge is 0.454 e. The van der Waals surface area contributed by atoms with Crippen LogP contribution in [-0.4, -0.2) is 54.8 Å². The predicted molar refractivity (Wildman–Crippen MR) is 110 cm³/mol. The fraction of sp³-hybridized carbons (Fsp3) is 0.455. The molecule has 0 spiro atoms. The summed E-state index contributed by atoms with van der Waals surface area (Å²) in [6.45, 7) is 1.16. The normalized spacial score (nSPS) is 22.9. The SMILES string of the molecule is O=C(COC(=O)CN1C(=O)[C@H]2CC=CC[C@H]2C1=O)Nc1ccc(N2CCCC2)cc1. The summed E-state index contributed by atoms with van der Waals surface area (Å²) in [7, 11) is 0. The van der Waals surface area contributed by atoms with Gasteiger partial charge in [-0.2, -0.15) is 0 Å². The number of imide groups is 1. The first-order chi connectivity index (χ1) is 14.5. The number of fused-ring (bicyclic) bond motifs is 1. The summed E-state index contributed by atoms with van der Waals surface area (Å²) in [4.78, 5) is 52.1. The van der Waals surface area contributed by atoms with E-state index in [1.54, 1.807) is 0 Å². The van der Waals surface area contributed by atoms with Crippen LogP contribution in [0.2, 0.25) is 0 Å². The smallest absolute Gasteiger partial charge is 0.326 e. The molecule has 158 valence electrons. The second-order valence-corrected chi connectivity index (χ2v) is 7.87. The van der Waals surface area contributed by atoms with Gasteiger partial charge in [-0.3, -0.25) is 24.1 Å². The molecule has 0 unspecified atom stereocenters. The topological polar surface area (TPSA) is 96.0 Å². The van der Waals surface area contributed by atoms with Crippen molar-refractivity contribution in [3.05, 3.63) is 36.4 Å². The lowest BCUT2D eigenvalue weighted by molar-refractivity contribution is -0.154. The molecule has 8 heteroatoms. The second kappa shape index (κ2) is 8.69. The number of carbonyl (C=O) groups is 4. The number of benzene rings is 1. The van der Waals surface area contributed by atoms with E-state index in [4.69, 9.17) is 4.74 Å². The molecule has 3 amide bonds. The molecular weight excluding hydrogens is 386 g/mol. The van der Waals surface area contributed by atoms with Crippen LogP contribution < -0.4 is 10.2 Å². The number of carbonyl (C=O) groups excluding carboxylic acids is 4. The molecule has 3 aliphatic rings. The molecule has 2 heterocycles. The number of anilines is 2. The number of nitrogens with zero attached hydrogens (tertiary/aromatic N) is 2. The fourth-order valence-electron chi connectivity index (χ4n) is 4.27. The van der Waals surface area contributed by atoms with Gasteiger partial charge >= 0.3 is 5.97 Å². The van der Waals surface area contributed by atoms with Crippen molar-refractivity contribution in [3.8, 4) is 0 Å². The summed E-state index contributed by atoms with van der Waals surface area (Å²) in [6, 6.07) is 7.52. The highest BCUT2D eigenvalue weighted by Gasteiger charge is 2.47. The Balaban J connectivity index is 1.23. The van der Waals surface area contributed by atoms with Crippen molar-refractivity contribution in [1.82, 2.24) is 4.90 Å². The number of allylic oxidation sites excluding steroid dienone is 2. The van der Waals surface area contributed by atoms with Crippen molar-refractivity contribution in [2.24, 2.45) is 11.8 Å². The molecule has 1 aliphatic carbocycles. The number of likely N-dealkylation sites (tertiary alicyclic amines) is 1. The third-order valence-electron chi connectivity index (χ3n) is 5.87. The third-order valence-corrected chi connectivity index (χ3v) is 5.87. The molecule has 0 radical (unpaired) electrons. The van der Waals surface area contributed by atoms with E-state index < -0.39 is 25.0 Å². The van der Waals surface area contributed by atoms with E-state index in [0.29, 0.717) is 18.5 Å². The zero-order valence-corrected chi connectivity index (χ0v) is 16.7. The predicted octanol–water partition coefficient (Wildman–Crippen LogP) is 1.72. The molecule has 1 aromatic carbocycles. The van der Waals surface area contributed by atoms with Crippen molar-refractivity contribution in [3.63, 3.8) is 0 Å². The number of amides is 3. The van der Waals surface area contributed by atoms with Gasteiger partial charge in [0.25, 0.3) is 5.91 Å². The van der Waals surface area contributed by atoms with Gasteiger partial charge in [-0.05, 0) is 49.9 Å². The highest BCUT2D eigenvalue weighted by atomic mass is 16.5. The number of hydrogen-bond acceptors (Lipinski definition) is 6. The van der Waals surface area contributed by atoms with Crippen LogP contribution in [0, 0.1) is 11.8 Å². The Labute approximate surface area is 174 Å². The summed E-state index contributed by atoms with van der Waals surface area (Å²) in [6.07, 6.45) is 7.18. The van der Waals surface area contributed by atoms with E-state index in [1.807, 2.05) is 36.4 Å². The Hall–Kier alpha value is -3.16. The summed E-state index contributed by atoms with van der Waals surface area (Å²) < 4.78 is 4.97. The molecule has 0 bridgehead atoms. The monoisotopic (exact) mass is 411 g/mol. The van der Waals surface area contributed by atoms with Crippen molar-refractivity contribution < 1.29 is 23.9 Å². The van der Waals surface area contributed by atoms with Gasteiger partial charge in [-0.1, -0.05) is 12.2 Å². The molecule has 4 rings (SSSR count). The minimum Gasteiger partial charge on any atom is -0.454 e. The van der Waals surface area contributed by atoms with Gasteiger partial charge in [0.15, 0.2) is 6.61 Å². The van der Waals surface area contributed by atoms with Gasteiger partial charge in [0, 0.05) is 24.5 Å². The lowest BCUT2D eigenvalue weighted by atomic mass is 9.85. The molecule has 30 heavy (non-hydrogen) atoms. The molecule has 2 fully saturated rings. The van der Waals surface area contributed by atoms with Gasteiger partial charge in [0.1, 0.15) is 6.54 Å². The summed E-state index contributed by atoms with van der Waals surface area (Å²) >= 11 is 0. The fourth-order valence-corrected chi connectivity index (χ4v) is 4.27. The Morgan fingerprint density at radius 2 is 1.57 bits per heavy atom. The van der Waals surface area contributed by atoms with E-state index in [9.17, 15) is 19.2 Å². The van der Waals surface area contributed by atoms with Crippen LogP contribution >= 0.6 is 0 Å². The van der Waals surface area contributed by atoms with Gasteiger partial charge in [-0.25, -0.2) is 0 Å². The Morgan fingerprint density at radius 1 is 0.967 bits per heavy atom. The summed E-state index contributed by atoms with van der Waals surface area (Å²) in [5, 5.41) is 2.68. The zero-order valence-electron chi connectivity index (χ0n) is 16.7. The molecule has 8 nitrogen and oxygen atoms in total. The highest BCUT2D eigenvalue weighted by Crippen LogP contribution is 2.34. The number of esters is 1. The average Bonchev–Trinajstić information content (AvgIpc) is 3.37. The molecule has 1 N–H and O–H groups in total. The molecule has 0 aromatic heterocycles. The lowest BCUT2D eigenvalue weighted by Gasteiger charge is -2.17. The average molecular weight is 411 g/mol. The number of hydrogen-bond donors (Lipinski definition) is 1. The lowest BCUT2D eigenvalue weighted by Crippen LogP contribution is -2.37. The van der Waals surface area contributed by atoms with Crippen LogP contribution in [0.5, 0.6) is 0 Å². The van der Waals surface area contributed by atoms with Gasteiger partial charge in [0.05, 0.1) is 11.8 Å². The first-order valence-corrected chi connectivity index (χ1v) is 10.3. The number of ether oxygens (including phenoxy) is 1. The standard InChI is InChI=1S/C22H25N3O5/c26-19(23-15-7-9-16(10-8-15)24-11-3-4-12-24)14-30-20(27)13-25-21(28)17-5-1-2-6-18(17)22(25)29/h1-2,7-10,17-18H,3-6,11-14H2,(H,23,26)/t17-,18+. The van der Waals surface area contributed by atoms with Crippen molar-refractivity contribution in [2.75, 3.05) is 36.5 Å². The maximum absolute atomic E-state index is 12.4. The van der Waals surface area contributed by atoms with Crippen LogP contribution in [-0.2, 0) is 23.9 Å². The van der Waals surface area contributed by atoms with E-state index in [0.717, 1.165) is 23.7 Å². The summed E-state index contributed by atoms with van der Waals surface area (Å²) in [5.41, 5.74) is 1.73. The minimum atomic E-state index is -0.775. The molecule has 1 aromatic rings. The van der Waals surface area contributed by atoms with Crippen LogP contribution in [0.25, 0.3) is 0 Å². The Kier molecular flexibility index (Phi) is 5.83. The molecule has 2 aliphatic heterocycles. The van der Waals surface area contributed by atoms with E-state index >= 15 is 0 Å². The van der Waals surface area contributed by atoms with E-state index in [-0.39, 0.29) is 23.7 Å². The highest BCUT2D eigenvalue weighted by molar-refractivity contribution is 6.07. The van der Waals surface area contributed by atoms with Gasteiger partial charge < -0.3 is 15.0 Å². The minimum absolute atomic E-state index is 0.339. The maximum Gasteiger partial charge on any atom is 0.326 e. The summed E-state index contributed by atoms with van der Waals surface area (Å²) in [5.74, 6) is -2.70. The van der Waals surface area contributed by atoms with Crippen LogP contribution in [0.15, 0.2) is 36.4 Å². The second-order valence-electron chi connectivity index (χ2n) is 7.87. The molecule has 2 saturated heterocycles.